The van der Waals surface area contributed by atoms with Crippen LogP contribution >= 0.6 is 0 Å². The Morgan fingerprint density at radius 1 is 1.33 bits per heavy atom. The van der Waals surface area contributed by atoms with Crippen molar-refractivity contribution < 1.29 is 13.9 Å². The largest absolute Gasteiger partial charge is 0.373 e. The molecule has 0 radical (unpaired) electrons. The van der Waals surface area contributed by atoms with E-state index in [0.29, 0.717) is 18.7 Å². The van der Waals surface area contributed by atoms with Crippen LogP contribution in [0.4, 0.5) is 4.39 Å². The molecule has 0 aliphatic carbocycles. The second-order valence-electron chi connectivity index (χ2n) is 3.12. The van der Waals surface area contributed by atoms with Crippen molar-refractivity contribution in [1.82, 2.24) is 0 Å². The summed E-state index contributed by atoms with van der Waals surface area (Å²) in [7, 11) is 0. The predicted octanol–water partition coefficient (Wildman–Crippen LogP) is 1.37. The first-order valence-electron chi connectivity index (χ1n) is 4.80. The number of carbonyl (C=O) groups excluding carboxylic acids is 1. The van der Waals surface area contributed by atoms with Crippen LogP contribution < -0.4 is 5.73 Å². The van der Waals surface area contributed by atoms with Crippen molar-refractivity contribution in [3.8, 4) is 0 Å². The fourth-order valence-electron chi connectivity index (χ4n) is 1.07. The molecular weight excluding hydrogens is 197 g/mol. The standard InChI is InChI=1S/C11H14FNO2/c12-10-4-2-9(3-5-10)11(14)8-15-7-1-6-13/h2-5H,1,6-8,13H2. The van der Waals surface area contributed by atoms with Gasteiger partial charge in [-0.3, -0.25) is 4.79 Å². The molecule has 0 aromatic heterocycles. The average Bonchev–Trinajstić information content (AvgIpc) is 2.25. The van der Waals surface area contributed by atoms with E-state index < -0.39 is 0 Å². The van der Waals surface area contributed by atoms with Crippen LogP contribution in [-0.2, 0) is 4.74 Å². The Balaban J connectivity index is 2.37. The van der Waals surface area contributed by atoms with Gasteiger partial charge in [-0.2, -0.15) is 0 Å². The van der Waals surface area contributed by atoms with Crippen LogP contribution in [0.3, 0.4) is 0 Å². The van der Waals surface area contributed by atoms with Crippen LogP contribution in [0, 0.1) is 5.82 Å². The fraction of sp³-hybridized carbons (Fsp3) is 0.364. The lowest BCUT2D eigenvalue weighted by atomic mass is 10.1. The topological polar surface area (TPSA) is 52.3 Å². The number of Topliss-reactive ketones (excluding diaryl/α,β-unsaturated/α-hetero) is 1. The quantitative estimate of drug-likeness (QED) is 0.571. The zero-order valence-corrected chi connectivity index (χ0v) is 8.41. The monoisotopic (exact) mass is 211 g/mol. The van der Waals surface area contributed by atoms with Crippen molar-refractivity contribution in [1.29, 1.82) is 0 Å². The molecule has 0 aliphatic heterocycles. The van der Waals surface area contributed by atoms with Gasteiger partial charge in [0.25, 0.3) is 0 Å². The highest BCUT2D eigenvalue weighted by molar-refractivity contribution is 5.96. The van der Waals surface area contributed by atoms with Crippen molar-refractivity contribution in [3.05, 3.63) is 35.6 Å². The lowest BCUT2D eigenvalue weighted by Gasteiger charge is -2.02. The molecular formula is C11H14FNO2. The first-order chi connectivity index (χ1) is 7.24. The highest BCUT2D eigenvalue weighted by Gasteiger charge is 2.05. The maximum absolute atomic E-state index is 12.5. The Morgan fingerprint density at radius 2 is 2.00 bits per heavy atom. The highest BCUT2D eigenvalue weighted by Crippen LogP contribution is 2.03. The highest BCUT2D eigenvalue weighted by atomic mass is 19.1. The molecule has 0 amide bonds. The molecule has 1 rings (SSSR count). The van der Waals surface area contributed by atoms with Crippen molar-refractivity contribution >= 4 is 5.78 Å². The van der Waals surface area contributed by atoms with E-state index in [1.165, 1.54) is 24.3 Å². The van der Waals surface area contributed by atoms with E-state index in [9.17, 15) is 9.18 Å². The first kappa shape index (κ1) is 11.8. The molecule has 0 heterocycles. The first-order valence-corrected chi connectivity index (χ1v) is 4.80. The number of hydrogen-bond acceptors (Lipinski definition) is 3. The molecule has 0 atom stereocenters. The van der Waals surface area contributed by atoms with Gasteiger partial charge in [0.1, 0.15) is 12.4 Å². The fourth-order valence-corrected chi connectivity index (χ4v) is 1.07. The summed E-state index contributed by atoms with van der Waals surface area (Å²) in [6, 6.07) is 5.41. The van der Waals surface area contributed by atoms with Crippen molar-refractivity contribution in [2.75, 3.05) is 19.8 Å². The van der Waals surface area contributed by atoms with Crippen LogP contribution in [0.1, 0.15) is 16.8 Å². The van der Waals surface area contributed by atoms with E-state index in [-0.39, 0.29) is 18.2 Å². The summed E-state index contributed by atoms with van der Waals surface area (Å²) < 4.78 is 17.6. The molecule has 4 heteroatoms. The number of halogens is 1. The van der Waals surface area contributed by atoms with Gasteiger partial charge >= 0.3 is 0 Å². The van der Waals surface area contributed by atoms with E-state index in [4.69, 9.17) is 10.5 Å². The molecule has 0 saturated carbocycles. The van der Waals surface area contributed by atoms with E-state index in [0.717, 1.165) is 6.42 Å². The van der Waals surface area contributed by atoms with E-state index in [2.05, 4.69) is 0 Å². The van der Waals surface area contributed by atoms with E-state index in [1.54, 1.807) is 0 Å². The van der Waals surface area contributed by atoms with Gasteiger partial charge in [-0.1, -0.05) is 0 Å². The predicted molar refractivity (Wildman–Crippen MR) is 55.2 cm³/mol. The van der Waals surface area contributed by atoms with Crippen LogP contribution in [0.25, 0.3) is 0 Å². The molecule has 0 unspecified atom stereocenters. The van der Waals surface area contributed by atoms with Crippen molar-refractivity contribution in [3.63, 3.8) is 0 Å². The van der Waals surface area contributed by atoms with Crippen LogP contribution in [0.2, 0.25) is 0 Å². The number of ketones is 1. The minimum atomic E-state index is -0.351. The number of hydrogen-bond donors (Lipinski definition) is 1. The number of ether oxygens (including phenoxy) is 1. The number of rotatable bonds is 6. The van der Waals surface area contributed by atoms with Crippen LogP contribution in [0.5, 0.6) is 0 Å². The summed E-state index contributed by atoms with van der Waals surface area (Å²) in [5.41, 5.74) is 5.73. The summed E-state index contributed by atoms with van der Waals surface area (Å²) >= 11 is 0. The smallest absolute Gasteiger partial charge is 0.188 e. The van der Waals surface area contributed by atoms with Crippen LogP contribution in [0.15, 0.2) is 24.3 Å². The number of carbonyl (C=O) groups is 1. The third-order valence-electron chi connectivity index (χ3n) is 1.89. The molecule has 2 N–H and O–H groups in total. The van der Waals surface area contributed by atoms with Gasteiger partial charge in [0.05, 0.1) is 0 Å². The SMILES string of the molecule is NCCCOCC(=O)c1ccc(F)cc1. The lowest BCUT2D eigenvalue weighted by molar-refractivity contribution is 0.0758. The summed E-state index contributed by atoms with van der Waals surface area (Å²) in [5.74, 6) is -0.498. The molecule has 0 fully saturated rings. The third-order valence-corrected chi connectivity index (χ3v) is 1.89. The van der Waals surface area contributed by atoms with E-state index in [1.807, 2.05) is 0 Å². The summed E-state index contributed by atoms with van der Waals surface area (Å²) in [4.78, 5) is 11.4. The maximum atomic E-state index is 12.5. The molecule has 0 spiro atoms. The zero-order valence-electron chi connectivity index (χ0n) is 8.41. The van der Waals surface area contributed by atoms with E-state index >= 15 is 0 Å². The van der Waals surface area contributed by atoms with Gasteiger partial charge in [-0.25, -0.2) is 4.39 Å². The van der Waals surface area contributed by atoms with Crippen LogP contribution in [-0.4, -0.2) is 25.5 Å². The Kier molecular flexibility index (Phi) is 4.93. The summed E-state index contributed by atoms with van der Waals surface area (Å²) in [6.07, 6.45) is 0.733. The van der Waals surface area contributed by atoms with Gasteiger partial charge in [0.2, 0.25) is 0 Å². The second-order valence-corrected chi connectivity index (χ2v) is 3.12. The van der Waals surface area contributed by atoms with Gasteiger partial charge in [-0.05, 0) is 37.2 Å². The Hall–Kier alpha value is -1.26. The molecule has 1 aromatic rings. The van der Waals surface area contributed by atoms with Gasteiger partial charge in [0, 0.05) is 12.2 Å². The Bertz CT molecular complexity index is 311. The minimum Gasteiger partial charge on any atom is -0.373 e. The molecule has 0 bridgehead atoms. The number of benzene rings is 1. The third kappa shape index (κ3) is 4.18. The van der Waals surface area contributed by atoms with Crippen molar-refractivity contribution in [2.45, 2.75) is 6.42 Å². The molecule has 1 aromatic carbocycles. The molecule has 82 valence electrons. The molecule has 3 nitrogen and oxygen atoms in total. The summed E-state index contributed by atoms with van der Waals surface area (Å²) in [6.45, 7) is 1.04. The van der Waals surface area contributed by atoms with Gasteiger partial charge < -0.3 is 10.5 Å². The number of nitrogens with two attached hydrogens (primary N) is 1. The van der Waals surface area contributed by atoms with Gasteiger partial charge in [0.15, 0.2) is 5.78 Å². The molecule has 0 aliphatic rings. The zero-order chi connectivity index (χ0) is 11.1. The normalized spacial score (nSPS) is 10.3. The Morgan fingerprint density at radius 3 is 2.60 bits per heavy atom. The van der Waals surface area contributed by atoms with Gasteiger partial charge in [-0.15, -0.1) is 0 Å². The van der Waals surface area contributed by atoms with Crippen molar-refractivity contribution in [2.24, 2.45) is 5.73 Å². The Labute approximate surface area is 88.0 Å². The minimum absolute atomic E-state index is 0.0195. The maximum Gasteiger partial charge on any atom is 0.188 e. The molecule has 15 heavy (non-hydrogen) atoms. The molecule has 0 saturated heterocycles. The summed E-state index contributed by atoms with van der Waals surface area (Å²) in [5, 5.41) is 0. The average molecular weight is 211 g/mol. The second kappa shape index (κ2) is 6.27. The lowest BCUT2D eigenvalue weighted by Crippen LogP contribution is -2.11.